The zero-order valence-corrected chi connectivity index (χ0v) is 14.7. The van der Waals surface area contributed by atoms with E-state index in [1.165, 1.54) is 0 Å². The third kappa shape index (κ3) is 4.79. The molecule has 6 heteroatoms. The molecule has 2 aromatic rings. The van der Waals surface area contributed by atoms with Crippen LogP contribution in [-0.4, -0.2) is 23.4 Å². The van der Waals surface area contributed by atoms with Crippen molar-refractivity contribution >= 4 is 17.5 Å². The summed E-state index contributed by atoms with van der Waals surface area (Å²) in [5.74, 6) is -0.172. The predicted octanol–water partition coefficient (Wildman–Crippen LogP) is 2.76. The van der Waals surface area contributed by atoms with E-state index in [1.807, 2.05) is 25.1 Å². The molecule has 2 N–H and O–H groups in total. The molecule has 25 heavy (non-hydrogen) atoms. The molecule has 0 radical (unpaired) electrons. The minimum Gasteiger partial charge on any atom is -0.492 e. The SMILES string of the molecule is CCOc1ccccc1NC(=O)C(C)(C)C(=O)NCc1ccncc1. The van der Waals surface area contributed by atoms with Crippen LogP contribution in [0.25, 0.3) is 0 Å². The Morgan fingerprint density at radius 2 is 1.76 bits per heavy atom. The third-order valence-electron chi connectivity index (χ3n) is 3.77. The van der Waals surface area contributed by atoms with Gasteiger partial charge in [0.25, 0.3) is 0 Å². The van der Waals surface area contributed by atoms with Crippen molar-refractivity contribution in [3.8, 4) is 5.75 Å². The molecule has 6 nitrogen and oxygen atoms in total. The highest BCUT2D eigenvalue weighted by Gasteiger charge is 2.36. The summed E-state index contributed by atoms with van der Waals surface area (Å²) in [5, 5.41) is 5.57. The van der Waals surface area contributed by atoms with Crippen molar-refractivity contribution in [1.82, 2.24) is 10.3 Å². The van der Waals surface area contributed by atoms with Gasteiger partial charge in [0.1, 0.15) is 11.2 Å². The Morgan fingerprint density at radius 1 is 1.08 bits per heavy atom. The molecule has 0 saturated carbocycles. The Balaban J connectivity index is 2.02. The zero-order chi connectivity index (χ0) is 18.3. The van der Waals surface area contributed by atoms with E-state index in [4.69, 9.17) is 4.74 Å². The van der Waals surface area contributed by atoms with Crippen molar-refractivity contribution in [2.75, 3.05) is 11.9 Å². The molecule has 1 aromatic heterocycles. The number of aromatic nitrogens is 1. The van der Waals surface area contributed by atoms with Crippen molar-refractivity contribution in [3.63, 3.8) is 0 Å². The summed E-state index contributed by atoms with van der Waals surface area (Å²) < 4.78 is 5.50. The van der Waals surface area contributed by atoms with Crippen molar-refractivity contribution in [2.24, 2.45) is 5.41 Å². The molecule has 0 bridgehead atoms. The standard InChI is InChI=1S/C19H23N3O3/c1-4-25-16-8-6-5-7-15(16)22-18(24)19(2,3)17(23)21-13-14-9-11-20-12-10-14/h5-12H,4,13H2,1-3H3,(H,21,23)(H,22,24). The Morgan fingerprint density at radius 3 is 2.44 bits per heavy atom. The number of pyridine rings is 1. The van der Waals surface area contributed by atoms with Gasteiger partial charge < -0.3 is 15.4 Å². The van der Waals surface area contributed by atoms with Gasteiger partial charge in [0.05, 0.1) is 12.3 Å². The van der Waals surface area contributed by atoms with Gasteiger partial charge >= 0.3 is 0 Å². The van der Waals surface area contributed by atoms with E-state index >= 15 is 0 Å². The van der Waals surface area contributed by atoms with Crippen LogP contribution in [0.15, 0.2) is 48.8 Å². The number of ether oxygens (including phenoxy) is 1. The molecule has 132 valence electrons. The summed E-state index contributed by atoms with van der Waals surface area (Å²) in [7, 11) is 0. The number of hydrogen-bond acceptors (Lipinski definition) is 4. The highest BCUT2D eigenvalue weighted by molar-refractivity contribution is 6.10. The summed E-state index contributed by atoms with van der Waals surface area (Å²) in [4.78, 5) is 29.0. The van der Waals surface area contributed by atoms with Crippen LogP contribution >= 0.6 is 0 Å². The number of rotatable bonds is 7. The van der Waals surface area contributed by atoms with Crippen LogP contribution in [-0.2, 0) is 16.1 Å². The molecule has 0 saturated heterocycles. The number of carbonyl (C=O) groups excluding carboxylic acids is 2. The van der Waals surface area contributed by atoms with E-state index in [0.29, 0.717) is 24.6 Å². The van der Waals surface area contributed by atoms with Crippen LogP contribution in [0, 0.1) is 5.41 Å². The monoisotopic (exact) mass is 341 g/mol. The van der Waals surface area contributed by atoms with Gasteiger partial charge in [0, 0.05) is 18.9 Å². The first kappa shape index (κ1) is 18.4. The maximum Gasteiger partial charge on any atom is 0.239 e. The molecule has 0 aliphatic heterocycles. The maximum atomic E-state index is 12.6. The highest BCUT2D eigenvalue weighted by atomic mass is 16.5. The Kier molecular flexibility index (Phi) is 6.11. The zero-order valence-electron chi connectivity index (χ0n) is 14.7. The summed E-state index contributed by atoms with van der Waals surface area (Å²) in [5.41, 5.74) is 0.234. The Labute approximate surface area is 147 Å². The first-order chi connectivity index (χ1) is 11.9. The summed E-state index contributed by atoms with van der Waals surface area (Å²) >= 11 is 0. The molecule has 0 spiro atoms. The van der Waals surface area contributed by atoms with Crippen LogP contribution in [0.5, 0.6) is 5.75 Å². The highest BCUT2D eigenvalue weighted by Crippen LogP contribution is 2.26. The van der Waals surface area contributed by atoms with Crippen molar-refractivity contribution < 1.29 is 14.3 Å². The van der Waals surface area contributed by atoms with E-state index in [2.05, 4.69) is 15.6 Å². The van der Waals surface area contributed by atoms with Gasteiger partial charge in [-0.1, -0.05) is 12.1 Å². The van der Waals surface area contributed by atoms with Gasteiger partial charge in [0.2, 0.25) is 11.8 Å². The Bertz CT molecular complexity index is 730. The summed E-state index contributed by atoms with van der Waals surface area (Å²) in [6.07, 6.45) is 3.31. The smallest absolute Gasteiger partial charge is 0.239 e. The number of amides is 2. The lowest BCUT2D eigenvalue weighted by Gasteiger charge is -2.23. The molecule has 0 aliphatic rings. The number of nitrogens with zero attached hydrogens (tertiary/aromatic N) is 1. The molecule has 0 atom stereocenters. The molecule has 0 unspecified atom stereocenters. The molecule has 0 fully saturated rings. The third-order valence-corrected chi connectivity index (χ3v) is 3.77. The number of anilines is 1. The van der Waals surface area contributed by atoms with Gasteiger partial charge in [-0.3, -0.25) is 14.6 Å². The molecular formula is C19H23N3O3. The molecular weight excluding hydrogens is 318 g/mol. The van der Waals surface area contributed by atoms with E-state index in [9.17, 15) is 9.59 Å². The van der Waals surface area contributed by atoms with Gasteiger partial charge in [-0.2, -0.15) is 0 Å². The van der Waals surface area contributed by atoms with E-state index in [1.54, 1.807) is 44.4 Å². The number of hydrogen-bond donors (Lipinski definition) is 2. The second kappa shape index (κ2) is 8.28. The fourth-order valence-corrected chi connectivity index (χ4v) is 2.14. The van der Waals surface area contributed by atoms with Gasteiger partial charge in [-0.25, -0.2) is 0 Å². The lowest BCUT2D eigenvalue weighted by molar-refractivity contribution is -0.138. The fourth-order valence-electron chi connectivity index (χ4n) is 2.14. The molecule has 2 rings (SSSR count). The normalized spacial score (nSPS) is 10.8. The van der Waals surface area contributed by atoms with Gasteiger partial charge in [-0.05, 0) is 50.6 Å². The maximum absolute atomic E-state index is 12.6. The number of para-hydroxylation sites is 2. The second-order valence-electron chi connectivity index (χ2n) is 6.05. The van der Waals surface area contributed by atoms with Crippen molar-refractivity contribution in [2.45, 2.75) is 27.3 Å². The first-order valence-electron chi connectivity index (χ1n) is 8.15. The van der Waals surface area contributed by atoms with Crippen molar-refractivity contribution in [3.05, 3.63) is 54.4 Å². The molecule has 0 aliphatic carbocycles. The second-order valence-corrected chi connectivity index (χ2v) is 6.05. The van der Waals surface area contributed by atoms with E-state index < -0.39 is 11.3 Å². The van der Waals surface area contributed by atoms with E-state index in [0.717, 1.165) is 5.56 Å². The molecule has 1 aromatic carbocycles. The largest absolute Gasteiger partial charge is 0.492 e. The van der Waals surface area contributed by atoms with Gasteiger partial charge in [-0.15, -0.1) is 0 Å². The Hall–Kier alpha value is -2.89. The van der Waals surface area contributed by atoms with Crippen LogP contribution in [0.3, 0.4) is 0 Å². The molecule has 1 heterocycles. The first-order valence-corrected chi connectivity index (χ1v) is 8.15. The summed E-state index contributed by atoms with van der Waals surface area (Å²) in [6.45, 7) is 5.88. The minimum atomic E-state index is -1.23. The number of nitrogens with one attached hydrogen (secondary N) is 2. The lowest BCUT2D eigenvalue weighted by atomic mass is 9.90. The average molecular weight is 341 g/mol. The number of benzene rings is 1. The quantitative estimate of drug-likeness (QED) is 0.759. The van der Waals surface area contributed by atoms with Crippen LogP contribution in [0.2, 0.25) is 0 Å². The fraction of sp³-hybridized carbons (Fsp3) is 0.316. The van der Waals surface area contributed by atoms with Crippen LogP contribution in [0.1, 0.15) is 26.3 Å². The van der Waals surface area contributed by atoms with Crippen LogP contribution in [0.4, 0.5) is 5.69 Å². The predicted molar refractivity (Wildman–Crippen MR) is 96.1 cm³/mol. The number of carbonyl (C=O) groups is 2. The minimum absolute atomic E-state index is 0.341. The average Bonchev–Trinajstić information content (AvgIpc) is 2.62. The van der Waals surface area contributed by atoms with E-state index in [-0.39, 0.29) is 5.91 Å². The van der Waals surface area contributed by atoms with Gasteiger partial charge in [0.15, 0.2) is 0 Å². The molecule has 2 amide bonds. The van der Waals surface area contributed by atoms with Crippen molar-refractivity contribution in [1.29, 1.82) is 0 Å². The van der Waals surface area contributed by atoms with Crippen LogP contribution < -0.4 is 15.4 Å². The topological polar surface area (TPSA) is 80.3 Å². The summed E-state index contributed by atoms with van der Waals surface area (Å²) in [6, 6.07) is 10.8. The lowest BCUT2D eigenvalue weighted by Crippen LogP contribution is -2.44.